The maximum atomic E-state index is 3.76. The van der Waals surface area contributed by atoms with Gasteiger partial charge in [-0.15, -0.1) is 0 Å². The highest BCUT2D eigenvalue weighted by Gasteiger charge is 2.18. The Morgan fingerprint density at radius 1 is 1.10 bits per heavy atom. The van der Waals surface area contributed by atoms with Gasteiger partial charge in [-0.3, -0.25) is 0 Å². The molecule has 1 saturated carbocycles. The van der Waals surface area contributed by atoms with Gasteiger partial charge in [-0.25, -0.2) is 0 Å². The molecule has 0 radical (unpaired) electrons. The number of aryl methyl sites for hydroxylation is 1. The van der Waals surface area contributed by atoms with Crippen LogP contribution in [0.15, 0.2) is 24.3 Å². The van der Waals surface area contributed by atoms with Crippen molar-refractivity contribution < 1.29 is 0 Å². The summed E-state index contributed by atoms with van der Waals surface area (Å²) in [5.74, 6) is 1.93. The summed E-state index contributed by atoms with van der Waals surface area (Å²) < 4.78 is 0. The van der Waals surface area contributed by atoms with Gasteiger partial charge < -0.3 is 5.32 Å². The van der Waals surface area contributed by atoms with E-state index in [1.807, 2.05) is 0 Å². The molecule has 0 amide bonds. The highest BCUT2D eigenvalue weighted by Crippen LogP contribution is 2.30. The Labute approximate surface area is 125 Å². The van der Waals surface area contributed by atoms with Crippen molar-refractivity contribution in [2.75, 3.05) is 6.54 Å². The van der Waals surface area contributed by atoms with Crippen molar-refractivity contribution in [2.24, 2.45) is 11.8 Å². The first-order valence-corrected chi connectivity index (χ1v) is 8.49. The molecule has 1 aromatic rings. The minimum atomic E-state index is 0.526. The van der Waals surface area contributed by atoms with Gasteiger partial charge in [-0.2, -0.15) is 0 Å². The van der Waals surface area contributed by atoms with Gasteiger partial charge >= 0.3 is 0 Å². The SMILES string of the molecule is CCC(NCCC1CCC(C)CC1)c1ccc(C)cc1. The Bertz CT molecular complexity index is 373. The molecular formula is C19H31N. The van der Waals surface area contributed by atoms with Crippen molar-refractivity contribution in [3.05, 3.63) is 35.4 Å². The van der Waals surface area contributed by atoms with Crippen LogP contribution in [0.1, 0.15) is 69.5 Å². The van der Waals surface area contributed by atoms with Crippen LogP contribution in [0.3, 0.4) is 0 Å². The van der Waals surface area contributed by atoms with Crippen LogP contribution in [0.25, 0.3) is 0 Å². The smallest absolute Gasteiger partial charge is 0.0317 e. The lowest BCUT2D eigenvalue weighted by Crippen LogP contribution is -2.24. The first kappa shape index (κ1) is 15.6. The van der Waals surface area contributed by atoms with E-state index in [0.717, 1.165) is 11.8 Å². The van der Waals surface area contributed by atoms with Crippen molar-refractivity contribution >= 4 is 0 Å². The van der Waals surface area contributed by atoms with E-state index in [0.29, 0.717) is 6.04 Å². The van der Waals surface area contributed by atoms with Crippen LogP contribution in [0.4, 0.5) is 0 Å². The van der Waals surface area contributed by atoms with Crippen LogP contribution in [0.5, 0.6) is 0 Å². The summed E-state index contributed by atoms with van der Waals surface area (Å²) in [6.45, 7) is 8.01. The molecule has 1 nitrogen and oxygen atoms in total. The van der Waals surface area contributed by atoms with Crippen molar-refractivity contribution in [3.63, 3.8) is 0 Å². The zero-order chi connectivity index (χ0) is 14.4. The first-order chi connectivity index (χ1) is 9.69. The summed E-state index contributed by atoms with van der Waals surface area (Å²) in [4.78, 5) is 0. The number of rotatable bonds is 6. The van der Waals surface area contributed by atoms with Gasteiger partial charge in [0, 0.05) is 6.04 Å². The summed E-state index contributed by atoms with van der Waals surface area (Å²) in [5.41, 5.74) is 2.79. The summed E-state index contributed by atoms with van der Waals surface area (Å²) >= 11 is 0. The first-order valence-electron chi connectivity index (χ1n) is 8.49. The number of nitrogens with one attached hydrogen (secondary N) is 1. The molecule has 0 bridgehead atoms. The maximum absolute atomic E-state index is 3.76. The summed E-state index contributed by atoms with van der Waals surface area (Å²) in [7, 11) is 0. The third-order valence-corrected chi connectivity index (χ3v) is 4.97. The van der Waals surface area contributed by atoms with Crippen LogP contribution in [0, 0.1) is 18.8 Å². The van der Waals surface area contributed by atoms with Crippen molar-refractivity contribution in [2.45, 2.75) is 65.3 Å². The third kappa shape index (κ3) is 4.63. The Hall–Kier alpha value is -0.820. The summed E-state index contributed by atoms with van der Waals surface area (Å²) in [5, 5.41) is 3.76. The molecule has 1 aliphatic rings. The molecule has 1 aliphatic carbocycles. The lowest BCUT2D eigenvalue weighted by molar-refractivity contribution is 0.272. The van der Waals surface area contributed by atoms with Crippen LogP contribution in [0.2, 0.25) is 0 Å². The molecule has 1 aromatic carbocycles. The average molecular weight is 273 g/mol. The Balaban J connectivity index is 1.75. The quantitative estimate of drug-likeness (QED) is 0.746. The van der Waals surface area contributed by atoms with E-state index in [4.69, 9.17) is 0 Å². The van der Waals surface area contributed by atoms with Gasteiger partial charge in [-0.05, 0) is 43.7 Å². The van der Waals surface area contributed by atoms with E-state index in [1.54, 1.807) is 0 Å². The number of benzene rings is 1. The number of hydrogen-bond acceptors (Lipinski definition) is 1. The Morgan fingerprint density at radius 3 is 2.35 bits per heavy atom. The van der Waals surface area contributed by atoms with Crippen molar-refractivity contribution in [1.29, 1.82) is 0 Å². The minimum absolute atomic E-state index is 0.526. The van der Waals surface area contributed by atoms with Gasteiger partial charge in [0.05, 0.1) is 0 Å². The predicted molar refractivity (Wildman–Crippen MR) is 88.0 cm³/mol. The van der Waals surface area contributed by atoms with Gasteiger partial charge in [0.25, 0.3) is 0 Å². The molecule has 0 saturated heterocycles. The maximum Gasteiger partial charge on any atom is 0.0317 e. The molecule has 20 heavy (non-hydrogen) atoms. The number of hydrogen-bond donors (Lipinski definition) is 1. The molecule has 112 valence electrons. The molecule has 0 aliphatic heterocycles. The molecule has 1 unspecified atom stereocenters. The highest BCUT2D eigenvalue weighted by atomic mass is 14.9. The summed E-state index contributed by atoms with van der Waals surface area (Å²) in [6.07, 6.45) is 8.31. The zero-order valence-electron chi connectivity index (χ0n) is 13.5. The van der Waals surface area contributed by atoms with Gasteiger partial charge in [0.2, 0.25) is 0 Å². The van der Waals surface area contributed by atoms with Gasteiger partial charge in [0.1, 0.15) is 0 Å². The lowest BCUT2D eigenvalue weighted by Gasteiger charge is -2.27. The average Bonchev–Trinajstić information content (AvgIpc) is 2.47. The van der Waals surface area contributed by atoms with E-state index >= 15 is 0 Å². The molecule has 2 rings (SSSR count). The molecule has 0 aromatic heterocycles. The van der Waals surface area contributed by atoms with E-state index < -0.39 is 0 Å². The monoisotopic (exact) mass is 273 g/mol. The topological polar surface area (TPSA) is 12.0 Å². The Morgan fingerprint density at radius 2 is 1.75 bits per heavy atom. The van der Waals surface area contributed by atoms with Crippen LogP contribution < -0.4 is 5.32 Å². The molecule has 1 fully saturated rings. The highest BCUT2D eigenvalue weighted by molar-refractivity contribution is 5.24. The second-order valence-electron chi connectivity index (χ2n) is 6.74. The predicted octanol–water partition coefficient (Wildman–Crippen LogP) is 5.25. The van der Waals surface area contributed by atoms with E-state index in [2.05, 4.69) is 50.4 Å². The second kappa shape index (κ2) is 7.83. The van der Waals surface area contributed by atoms with Crippen LogP contribution in [-0.4, -0.2) is 6.54 Å². The molecule has 1 N–H and O–H groups in total. The fourth-order valence-electron chi connectivity index (χ4n) is 3.38. The van der Waals surface area contributed by atoms with Crippen LogP contribution in [-0.2, 0) is 0 Å². The Kier molecular flexibility index (Phi) is 6.09. The van der Waals surface area contributed by atoms with Crippen molar-refractivity contribution in [3.8, 4) is 0 Å². The largest absolute Gasteiger partial charge is 0.310 e. The van der Waals surface area contributed by atoms with Gasteiger partial charge in [-0.1, -0.05) is 69.4 Å². The normalized spacial score (nSPS) is 24.6. The molecule has 1 atom stereocenters. The molecule has 0 spiro atoms. The van der Waals surface area contributed by atoms with E-state index in [1.165, 1.54) is 56.2 Å². The molecule has 0 heterocycles. The minimum Gasteiger partial charge on any atom is -0.310 e. The fraction of sp³-hybridized carbons (Fsp3) is 0.684. The molecular weight excluding hydrogens is 242 g/mol. The van der Waals surface area contributed by atoms with E-state index in [-0.39, 0.29) is 0 Å². The van der Waals surface area contributed by atoms with Crippen molar-refractivity contribution in [1.82, 2.24) is 5.32 Å². The molecule has 1 heteroatoms. The lowest BCUT2D eigenvalue weighted by atomic mass is 9.81. The fourth-order valence-corrected chi connectivity index (χ4v) is 3.38. The van der Waals surface area contributed by atoms with Crippen LogP contribution >= 0.6 is 0 Å². The summed E-state index contributed by atoms with van der Waals surface area (Å²) in [6, 6.07) is 9.53. The van der Waals surface area contributed by atoms with E-state index in [9.17, 15) is 0 Å². The van der Waals surface area contributed by atoms with Gasteiger partial charge in [0.15, 0.2) is 0 Å². The standard InChI is InChI=1S/C19H31N/c1-4-19(18-11-7-16(3)8-12-18)20-14-13-17-9-5-15(2)6-10-17/h7-8,11-12,15,17,19-20H,4-6,9-10,13-14H2,1-3H3. The third-order valence-electron chi connectivity index (χ3n) is 4.97. The zero-order valence-corrected chi connectivity index (χ0v) is 13.5. The second-order valence-corrected chi connectivity index (χ2v) is 6.74.